The van der Waals surface area contributed by atoms with Crippen LogP contribution in [0.1, 0.15) is 49.5 Å². The molecule has 4 rings (SSSR count). The quantitative estimate of drug-likeness (QED) is 0.100. The number of aliphatic hydroxyl groups is 1. The van der Waals surface area contributed by atoms with Gasteiger partial charge in [-0.05, 0) is 57.5 Å². The van der Waals surface area contributed by atoms with Crippen LogP contribution in [0.4, 0.5) is 5.69 Å². The number of para-hydroxylation sites is 2. The molecule has 0 bridgehead atoms. The number of methoxy groups -OCH3 is 1. The molecule has 0 radical (unpaired) electrons. The standard InChI is InChI=1S/C38H44N4O10/c1-6-51-37(47)34-29(40-24(2)32(36(45)46)33(34)26-15-12-16-27(19-26)42(48)49)21-41(35(44)25-13-8-7-9-14-25)23-38(3,4)39-20-28(43)22-52-31-18-11-10-17-30(31)50-5/h7-19,28,32-33,39,43H,6,20-23H2,1-5H3,(H,45,46). The number of aliphatic imine (C=N–C) groups is 1. The van der Waals surface area contributed by atoms with Gasteiger partial charge in [-0.15, -0.1) is 0 Å². The summed E-state index contributed by atoms with van der Waals surface area (Å²) < 4.78 is 16.5. The van der Waals surface area contributed by atoms with Crippen LogP contribution in [0, 0.1) is 16.0 Å². The predicted molar refractivity (Wildman–Crippen MR) is 193 cm³/mol. The summed E-state index contributed by atoms with van der Waals surface area (Å²) in [6.07, 6.45) is -0.935. The van der Waals surface area contributed by atoms with Crippen molar-refractivity contribution in [2.75, 3.05) is 40.0 Å². The Kier molecular flexibility index (Phi) is 13.2. The Morgan fingerprint density at radius 1 is 1.04 bits per heavy atom. The van der Waals surface area contributed by atoms with Crippen LogP contribution in [0.5, 0.6) is 11.5 Å². The summed E-state index contributed by atoms with van der Waals surface area (Å²) in [4.78, 5) is 57.7. The van der Waals surface area contributed by atoms with Crippen molar-refractivity contribution in [1.29, 1.82) is 0 Å². The molecule has 0 spiro atoms. The molecule has 3 aromatic carbocycles. The largest absolute Gasteiger partial charge is 0.493 e. The number of carboxylic acids is 1. The number of esters is 1. The molecule has 0 fully saturated rings. The first-order chi connectivity index (χ1) is 24.8. The number of nitrogens with zero attached hydrogens (tertiary/aromatic N) is 3. The number of aliphatic hydroxyl groups excluding tert-OH is 1. The van der Waals surface area contributed by atoms with E-state index in [1.54, 1.807) is 61.5 Å². The Morgan fingerprint density at radius 3 is 2.35 bits per heavy atom. The zero-order valence-electron chi connectivity index (χ0n) is 29.8. The number of hydrogen-bond donors (Lipinski definition) is 3. The second-order valence-corrected chi connectivity index (χ2v) is 12.9. The number of nitro benzene ring substituents is 1. The number of carboxylic acid groups (broad SMARTS) is 1. The molecule has 3 unspecified atom stereocenters. The van der Waals surface area contributed by atoms with Crippen molar-refractivity contribution in [1.82, 2.24) is 10.2 Å². The minimum absolute atomic E-state index is 0.0373. The monoisotopic (exact) mass is 716 g/mol. The molecule has 1 heterocycles. The first-order valence-corrected chi connectivity index (χ1v) is 16.7. The van der Waals surface area contributed by atoms with E-state index in [1.165, 1.54) is 43.2 Å². The number of rotatable bonds is 17. The molecule has 1 aliphatic heterocycles. The Hall–Kier alpha value is -5.60. The minimum Gasteiger partial charge on any atom is -0.493 e. The molecule has 0 aromatic heterocycles. The fourth-order valence-electron chi connectivity index (χ4n) is 6.07. The lowest BCUT2D eigenvalue weighted by Crippen LogP contribution is -2.53. The van der Waals surface area contributed by atoms with E-state index in [4.69, 9.17) is 14.2 Å². The lowest BCUT2D eigenvalue weighted by atomic mass is 9.75. The van der Waals surface area contributed by atoms with Gasteiger partial charge in [0.15, 0.2) is 11.5 Å². The van der Waals surface area contributed by atoms with Gasteiger partial charge in [0.05, 0.1) is 36.5 Å². The van der Waals surface area contributed by atoms with Crippen molar-refractivity contribution in [3.8, 4) is 11.5 Å². The van der Waals surface area contributed by atoms with Crippen molar-refractivity contribution in [2.24, 2.45) is 10.9 Å². The van der Waals surface area contributed by atoms with E-state index in [9.17, 15) is 34.7 Å². The Balaban J connectivity index is 1.70. The average Bonchev–Trinajstić information content (AvgIpc) is 3.12. The maximum absolute atomic E-state index is 14.1. The summed E-state index contributed by atoms with van der Waals surface area (Å²) >= 11 is 0. The summed E-state index contributed by atoms with van der Waals surface area (Å²) in [6.45, 7) is 6.63. The van der Waals surface area contributed by atoms with Crippen LogP contribution in [0.3, 0.4) is 0 Å². The molecule has 0 aliphatic carbocycles. The topological polar surface area (TPSA) is 190 Å². The van der Waals surface area contributed by atoms with Gasteiger partial charge in [0, 0.05) is 48.0 Å². The van der Waals surface area contributed by atoms with Crippen molar-refractivity contribution in [2.45, 2.75) is 45.3 Å². The summed E-state index contributed by atoms with van der Waals surface area (Å²) in [6, 6.07) is 21.0. The lowest BCUT2D eigenvalue weighted by Gasteiger charge is -2.36. The molecular formula is C38H44N4O10. The van der Waals surface area contributed by atoms with Gasteiger partial charge in [-0.25, -0.2) is 4.79 Å². The first kappa shape index (κ1) is 39.2. The van der Waals surface area contributed by atoms with Crippen LogP contribution in [-0.4, -0.2) is 95.2 Å². The number of nitro groups is 1. The lowest BCUT2D eigenvalue weighted by molar-refractivity contribution is -0.384. The van der Waals surface area contributed by atoms with Crippen LogP contribution in [-0.2, 0) is 14.3 Å². The number of hydrogen-bond acceptors (Lipinski definition) is 11. The van der Waals surface area contributed by atoms with Crippen LogP contribution < -0.4 is 14.8 Å². The zero-order valence-corrected chi connectivity index (χ0v) is 29.8. The fourth-order valence-corrected chi connectivity index (χ4v) is 6.07. The fraction of sp³-hybridized carbons (Fsp3) is 0.368. The van der Waals surface area contributed by atoms with Crippen molar-refractivity contribution < 1.29 is 43.7 Å². The number of β-amino-alcohol motifs (C(OH)–C–C–N with tert-alkyl or cyclic N) is 1. The van der Waals surface area contributed by atoms with Gasteiger partial charge in [0.25, 0.3) is 11.6 Å². The number of amides is 1. The van der Waals surface area contributed by atoms with Gasteiger partial charge in [-0.1, -0.05) is 42.5 Å². The minimum atomic E-state index is -1.35. The summed E-state index contributed by atoms with van der Waals surface area (Å²) in [5, 5.41) is 36.1. The molecule has 14 nitrogen and oxygen atoms in total. The van der Waals surface area contributed by atoms with Crippen LogP contribution in [0.15, 0.2) is 95.1 Å². The van der Waals surface area contributed by atoms with Crippen molar-refractivity contribution in [3.05, 3.63) is 111 Å². The van der Waals surface area contributed by atoms with E-state index >= 15 is 0 Å². The van der Waals surface area contributed by atoms with Gasteiger partial charge in [0.2, 0.25) is 0 Å². The molecule has 52 heavy (non-hydrogen) atoms. The first-order valence-electron chi connectivity index (χ1n) is 16.7. The van der Waals surface area contributed by atoms with Crippen molar-refractivity contribution >= 4 is 29.2 Å². The molecule has 276 valence electrons. The molecule has 1 aliphatic rings. The second-order valence-electron chi connectivity index (χ2n) is 12.9. The third-order valence-electron chi connectivity index (χ3n) is 8.47. The Labute approximate surface area is 301 Å². The third kappa shape index (κ3) is 9.80. The predicted octanol–water partition coefficient (Wildman–Crippen LogP) is 4.63. The smallest absolute Gasteiger partial charge is 0.336 e. The normalized spacial score (nSPS) is 16.4. The van der Waals surface area contributed by atoms with Crippen LogP contribution >= 0.6 is 0 Å². The number of aliphatic carboxylic acids is 1. The SMILES string of the molecule is CCOC(=O)C1=C(CN(CC(C)(C)NCC(O)COc2ccccc2OC)C(=O)c2ccccc2)N=C(C)C(C(=O)O)C1c1cccc([N+](=O)[O-])c1. The van der Waals surface area contributed by atoms with Crippen LogP contribution in [0.25, 0.3) is 0 Å². The molecule has 14 heteroatoms. The highest BCUT2D eigenvalue weighted by Crippen LogP contribution is 2.41. The molecule has 3 N–H and O–H groups in total. The molecule has 3 atom stereocenters. The molecule has 0 saturated carbocycles. The number of carbonyl (C=O) groups excluding carboxylic acids is 2. The van der Waals surface area contributed by atoms with Gasteiger partial charge >= 0.3 is 11.9 Å². The highest BCUT2D eigenvalue weighted by Gasteiger charge is 2.43. The van der Waals surface area contributed by atoms with E-state index in [2.05, 4.69) is 10.3 Å². The van der Waals surface area contributed by atoms with Gasteiger partial charge in [-0.3, -0.25) is 24.7 Å². The van der Waals surface area contributed by atoms with Gasteiger partial charge < -0.3 is 34.6 Å². The van der Waals surface area contributed by atoms with E-state index in [1.807, 2.05) is 13.8 Å². The number of carbonyl (C=O) groups is 3. The highest BCUT2D eigenvalue weighted by molar-refractivity contribution is 6.06. The second kappa shape index (κ2) is 17.6. The molecule has 3 aromatic rings. The third-order valence-corrected chi connectivity index (χ3v) is 8.47. The highest BCUT2D eigenvalue weighted by atomic mass is 16.6. The van der Waals surface area contributed by atoms with E-state index in [0.717, 1.165) is 0 Å². The van der Waals surface area contributed by atoms with E-state index < -0.39 is 46.2 Å². The van der Waals surface area contributed by atoms with Gasteiger partial charge in [-0.2, -0.15) is 0 Å². The maximum Gasteiger partial charge on any atom is 0.336 e. The van der Waals surface area contributed by atoms with Crippen LogP contribution in [0.2, 0.25) is 0 Å². The van der Waals surface area contributed by atoms with Crippen molar-refractivity contribution in [3.63, 3.8) is 0 Å². The van der Waals surface area contributed by atoms with E-state index in [-0.39, 0.29) is 61.1 Å². The summed E-state index contributed by atoms with van der Waals surface area (Å²) in [7, 11) is 1.52. The maximum atomic E-state index is 14.1. The molecule has 1 amide bonds. The summed E-state index contributed by atoms with van der Waals surface area (Å²) in [5.41, 5.74) is -0.404. The average molecular weight is 717 g/mol. The number of ether oxygens (including phenoxy) is 3. The van der Waals surface area contributed by atoms with E-state index in [0.29, 0.717) is 17.1 Å². The number of nitrogens with one attached hydrogen (secondary N) is 1. The Morgan fingerprint density at radius 2 is 1.71 bits per heavy atom. The number of non-ortho nitro benzene ring substituents is 1. The number of benzene rings is 3. The molecule has 0 saturated heterocycles. The Bertz CT molecular complexity index is 1820. The summed E-state index contributed by atoms with van der Waals surface area (Å²) in [5.74, 6) is -4.08. The van der Waals surface area contributed by atoms with Gasteiger partial charge in [0.1, 0.15) is 18.6 Å². The molecular weight excluding hydrogens is 672 g/mol. The zero-order chi connectivity index (χ0) is 38.0.